The minimum Gasteiger partial charge on any atom is -0.490 e. The highest BCUT2D eigenvalue weighted by Crippen LogP contribution is 2.36. The van der Waals surface area contributed by atoms with Crippen molar-refractivity contribution in [1.29, 1.82) is 0 Å². The Hall–Kier alpha value is -5.45. The van der Waals surface area contributed by atoms with Gasteiger partial charge in [0, 0.05) is 35.4 Å². The number of halogens is 5. The zero-order valence-corrected chi connectivity index (χ0v) is 33.6. The Morgan fingerprint density at radius 2 is 1.63 bits per heavy atom. The molecule has 60 heavy (non-hydrogen) atoms. The lowest BCUT2D eigenvalue weighted by atomic mass is 9.93. The molecule has 0 spiro atoms. The number of carbonyl (C=O) groups excluding carboxylic acids is 1. The van der Waals surface area contributed by atoms with E-state index >= 15 is 4.39 Å². The highest BCUT2D eigenvalue weighted by Gasteiger charge is 2.38. The number of nitrogens with one attached hydrogen (secondary N) is 3. The molecule has 5 aromatic rings. The van der Waals surface area contributed by atoms with Crippen molar-refractivity contribution >= 4 is 28.6 Å². The summed E-state index contributed by atoms with van der Waals surface area (Å²) in [5, 5.41) is 24.1. The van der Waals surface area contributed by atoms with Gasteiger partial charge in [0.25, 0.3) is 5.91 Å². The molecule has 2 fully saturated rings. The van der Waals surface area contributed by atoms with E-state index in [9.17, 15) is 27.5 Å². The molecule has 4 heterocycles. The maximum atomic E-state index is 15.1. The molecular weight excluding hydrogens is 788 g/mol. The van der Waals surface area contributed by atoms with Gasteiger partial charge in [0.1, 0.15) is 35.5 Å². The van der Waals surface area contributed by atoms with Gasteiger partial charge in [-0.25, -0.2) is 23.5 Å². The minimum atomic E-state index is -5.08. The molecule has 5 N–H and O–H groups in total. The van der Waals surface area contributed by atoms with Gasteiger partial charge in [-0.05, 0) is 156 Å². The van der Waals surface area contributed by atoms with Gasteiger partial charge in [0.2, 0.25) is 0 Å². The summed E-state index contributed by atoms with van der Waals surface area (Å²) in [6.07, 6.45) is 3.83. The van der Waals surface area contributed by atoms with E-state index in [-0.39, 0.29) is 17.4 Å². The summed E-state index contributed by atoms with van der Waals surface area (Å²) in [5.41, 5.74) is 2.87. The minimum absolute atomic E-state index is 0.187. The van der Waals surface area contributed by atoms with Crippen LogP contribution in [0.25, 0.3) is 33.5 Å². The lowest BCUT2D eigenvalue weighted by Gasteiger charge is -2.32. The number of aliphatic hydroxyl groups is 1. The second-order valence-corrected chi connectivity index (χ2v) is 15.8. The van der Waals surface area contributed by atoms with Crippen molar-refractivity contribution in [2.24, 2.45) is 5.92 Å². The summed E-state index contributed by atoms with van der Waals surface area (Å²) in [7, 11) is 0. The molecule has 3 aromatic carbocycles. The number of aromatic nitrogens is 3. The van der Waals surface area contributed by atoms with Crippen molar-refractivity contribution in [3.05, 3.63) is 95.3 Å². The predicted octanol–water partition coefficient (Wildman–Crippen LogP) is 8.61. The van der Waals surface area contributed by atoms with Gasteiger partial charge >= 0.3 is 12.1 Å². The van der Waals surface area contributed by atoms with Crippen LogP contribution >= 0.6 is 0 Å². The lowest BCUT2D eigenvalue weighted by Crippen LogP contribution is -2.39. The van der Waals surface area contributed by atoms with E-state index in [0.717, 1.165) is 54.9 Å². The normalized spacial score (nSPS) is 15.7. The van der Waals surface area contributed by atoms with Crippen molar-refractivity contribution in [2.45, 2.75) is 77.2 Å². The first-order valence-corrected chi connectivity index (χ1v) is 19.9. The number of nitrogens with zero attached hydrogens (tertiary/aromatic N) is 3. The summed E-state index contributed by atoms with van der Waals surface area (Å²) >= 11 is 0. The number of amides is 1. The first-order chi connectivity index (χ1) is 28.5. The number of piperidine rings is 2. The number of alkyl halides is 3. The average molecular weight is 837 g/mol. The SMILES string of the molecule is Cc1c(NC(=O)c2ccc(C(C)(C)O)cc2F)cc(F)cc1-c1ncnc2[nH]c(-c3ccc(OC4CCN(CCCC5CCNCC5)CC4)cc3)cc12.O=C(O)C(F)(F)F. The van der Waals surface area contributed by atoms with Crippen molar-refractivity contribution in [3.8, 4) is 28.3 Å². The largest absolute Gasteiger partial charge is 0.490 e. The molecule has 0 saturated carbocycles. The van der Waals surface area contributed by atoms with Crippen molar-refractivity contribution in [1.82, 2.24) is 25.2 Å². The highest BCUT2D eigenvalue weighted by atomic mass is 19.4. The number of H-pyrrole nitrogens is 1. The van der Waals surface area contributed by atoms with Crippen LogP contribution in [-0.2, 0) is 10.4 Å². The van der Waals surface area contributed by atoms with E-state index < -0.39 is 35.3 Å². The molecule has 0 bridgehead atoms. The predicted molar refractivity (Wildman–Crippen MR) is 218 cm³/mol. The molecule has 320 valence electrons. The molecule has 1 amide bonds. The number of hydrogen-bond donors (Lipinski definition) is 5. The van der Waals surface area contributed by atoms with Crippen molar-refractivity contribution < 1.29 is 46.5 Å². The van der Waals surface area contributed by atoms with E-state index in [2.05, 4.69) is 30.5 Å². The zero-order valence-electron chi connectivity index (χ0n) is 33.6. The van der Waals surface area contributed by atoms with Crippen LogP contribution < -0.4 is 15.4 Å². The number of hydrogen-bond acceptors (Lipinski definition) is 8. The van der Waals surface area contributed by atoms with E-state index in [1.807, 2.05) is 30.3 Å². The number of aromatic amines is 1. The molecule has 11 nitrogen and oxygen atoms in total. The van der Waals surface area contributed by atoms with Gasteiger partial charge in [0.15, 0.2) is 0 Å². The first kappa shape index (κ1) is 44.1. The average Bonchev–Trinajstić information content (AvgIpc) is 3.65. The molecule has 16 heteroatoms. The van der Waals surface area contributed by atoms with Crippen LogP contribution in [0, 0.1) is 24.5 Å². The van der Waals surface area contributed by atoms with Gasteiger partial charge < -0.3 is 35.5 Å². The molecule has 7 rings (SSSR count). The van der Waals surface area contributed by atoms with Gasteiger partial charge in [-0.15, -0.1) is 0 Å². The van der Waals surface area contributed by atoms with E-state index in [0.29, 0.717) is 33.4 Å². The zero-order chi connectivity index (χ0) is 43.2. The van der Waals surface area contributed by atoms with Crippen LogP contribution in [0.4, 0.5) is 27.6 Å². The molecule has 0 aliphatic carbocycles. The third kappa shape index (κ3) is 11.2. The van der Waals surface area contributed by atoms with Crippen molar-refractivity contribution in [2.75, 3.05) is 38.0 Å². The number of rotatable bonds is 11. The summed E-state index contributed by atoms with van der Waals surface area (Å²) in [6, 6.07) is 16.4. The van der Waals surface area contributed by atoms with E-state index in [1.165, 1.54) is 89.8 Å². The summed E-state index contributed by atoms with van der Waals surface area (Å²) in [5.74, 6) is -3.15. The Morgan fingerprint density at radius 3 is 2.27 bits per heavy atom. The Labute approximate surface area is 344 Å². The molecule has 2 saturated heterocycles. The summed E-state index contributed by atoms with van der Waals surface area (Å²) in [6.45, 7) is 10.5. The maximum absolute atomic E-state index is 15.1. The Kier molecular flexibility index (Phi) is 13.9. The van der Waals surface area contributed by atoms with Gasteiger partial charge in [0.05, 0.1) is 16.9 Å². The number of likely N-dealkylation sites (tertiary alicyclic amines) is 1. The van der Waals surface area contributed by atoms with Crippen LogP contribution in [0.5, 0.6) is 5.75 Å². The van der Waals surface area contributed by atoms with Crippen molar-refractivity contribution in [3.63, 3.8) is 0 Å². The number of aliphatic carboxylic acids is 1. The number of ether oxygens (including phenoxy) is 1. The topological polar surface area (TPSA) is 153 Å². The Morgan fingerprint density at radius 1 is 0.950 bits per heavy atom. The summed E-state index contributed by atoms with van der Waals surface area (Å²) < 4.78 is 68.1. The van der Waals surface area contributed by atoms with Gasteiger partial charge in [-0.3, -0.25) is 4.79 Å². The van der Waals surface area contributed by atoms with Crippen LogP contribution in [-0.4, -0.2) is 86.9 Å². The molecule has 0 radical (unpaired) electrons. The third-order valence-electron chi connectivity index (χ3n) is 11.0. The molecule has 2 aliphatic heterocycles. The number of carboxylic acid groups (broad SMARTS) is 1. The van der Waals surface area contributed by atoms with Crippen LogP contribution in [0.1, 0.15) is 73.9 Å². The monoisotopic (exact) mass is 836 g/mol. The Balaban J connectivity index is 0.000000793. The maximum Gasteiger partial charge on any atom is 0.490 e. The molecule has 0 unspecified atom stereocenters. The third-order valence-corrected chi connectivity index (χ3v) is 11.0. The van der Waals surface area contributed by atoms with E-state index in [4.69, 9.17) is 14.6 Å². The fourth-order valence-corrected chi connectivity index (χ4v) is 7.56. The van der Waals surface area contributed by atoms with Crippen LogP contribution in [0.15, 0.2) is 67.0 Å². The molecule has 2 aromatic heterocycles. The number of fused-ring (bicyclic) bond motifs is 1. The van der Waals surface area contributed by atoms with Crippen LogP contribution in [0.3, 0.4) is 0 Å². The summed E-state index contributed by atoms with van der Waals surface area (Å²) in [4.78, 5) is 36.9. The fourth-order valence-electron chi connectivity index (χ4n) is 7.56. The number of anilines is 1. The van der Waals surface area contributed by atoms with Crippen LogP contribution in [0.2, 0.25) is 0 Å². The highest BCUT2D eigenvalue weighted by molar-refractivity contribution is 6.06. The number of benzene rings is 3. The van der Waals surface area contributed by atoms with E-state index in [1.54, 1.807) is 6.92 Å². The number of carbonyl (C=O) groups is 2. The smallest absolute Gasteiger partial charge is 0.490 e. The Bertz CT molecular complexity index is 2280. The molecular formula is C44H49F5N6O5. The fraction of sp³-hybridized carbons (Fsp3) is 0.409. The van der Waals surface area contributed by atoms with Gasteiger partial charge in [-0.2, -0.15) is 13.2 Å². The standard InChI is InChI=1S/C42H48F2N6O3.C2HF3O2/c1-26-34(22-30(43)23-37(26)49-41(51)33-11-8-29(21-36(33)44)42(2,3)52)39-35-24-38(48-40(35)47-25-46-39)28-6-9-31(10-7-28)53-32-14-19-50(20-15-32)18-4-5-27-12-16-45-17-13-27;3-2(4,5)1(6)7/h6-11,21-25,27,32,45,52H,4-5,12-20H2,1-3H3,(H,49,51)(H,46,47,48);(H,6,7). The molecule has 2 aliphatic rings. The molecule has 0 atom stereocenters. The lowest BCUT2D eigenvalue weighted by molar-refractivity contribution is -0.192. The second kappa shape index (κ2) is 18.9. The number of carboxylic acids is 1. The quantitative estimate of drug-likeness (QED) is 0.0824. The second-order valence-electron chi connectivity index (χ2n) is 15.8. The first-order valence-electron chi connectivity index (χ1n) is 19.9. The van der Waals surface area contributed by atoms with Gasteiger partial charge in [-0.1, -0.05) is 6.07 Å².